The number of nitrogens with one attached hydrogen (secondary N) is 1. The zero-order valence-corrected chi connectivity index (χ0v) is 21.2. The Labute approximate surface area is 213 Å². The Hall–Kier alpha value is -3.02. The standard InChI is InChI=1S/C24H26ClN3O7S/c1-35-24(32)19-13-27(10-8-21(19)29)22(30)14-28-9-2-3-20(23(28)31)26-36(33,34)18-7-5-15-11-17(25)6-4-16(15)12-18/h4-7,11-12,19-20,26H,2-3,8-10,13-14H2,1H3/t19?,20-/m0/s1. The van der Waals surface area contributed by atoms with Crippen LogP contribution in [0.15, 0.2) is 41.3 Å². The van der Waals surface area contributed by atoms with Crippen molar-refractivity contribution in [2.24, 2.45) is 5.92 Å². The molecule has 0 aliphatic carbocycles. The first kappa shape index (κ1) is 26.1. The second-order valence-electron chi connectivity index (χ2n) is 8.86. The molecule has 192 valence electrons. The van der Waals surface area contributed by atoms with Crippen molar-refractivity contribution in [3.63, 3.8) is 0 Å². The van der Waals surface area contributed by atoms with Gasteiger partial charge in [0.05, 0.1) is 18.6 Å². The fourth-order valence-electron chi connectivity index (χ4n) is 4.49. The van der Waals surface area contributed by atoms with E-state index in [1.807, 2.05) is 0 Å². The van der Waals surface area contributed by atoms with E-state index in [1.54, 1.807) is 24.3 Å². The van der Waals surface area contributed by atoms with Crippen molar-refractivity contribution in [1.29, 1.82) is 0 Å². The molecule has 2 aromatic rings. The molecule has 0 saturated carbocycles. The van der Waals surface area contributed by atoms with E-state index in [0.717, 1.165) is 5.39 Å². The molecular formula is C24H26ClN3O7S. The van der Waals surface area contributed by atoms with Gasteiger partial charge in [-0.25, -0.2) is 8.42 Å². The molecule has 2 atom stereocenters. The summed E-state index contributed by atoms with van der Waals surface area (Å²) in [6, 6.07) is 8.71. The van der Waals surface area contributed by atoms with Crippen molar-refractivity contribution in [3.8, 4) is 0 Å². The van der Waals surface area contributed by atoms with Crippen LogP contribution in [0.25, 0.3) is 10.8 Å². The minimum absolute atomic E-state index is 0.0187. The number of amides is 2. The number of piperidine rings is 2. The molecule has 12 heteroatoms. The lowest BCUT2D eigenvalue weighted by Gasteiger charge is -2.35. The average molecular weight is 536 g/mol. The number of benzene rings is 2. The maximum Gasteiger partial charge on any atom is 0.318 e. The lowest BCUT2D eigenvalue weighted by atomic mass is 9.96. The molecule has 0 radical (unpaired) electrons. The van der Waals surface area contributed by atoms with Crippen LogP contribution >= 0.6 is 11.6 Å². The Kier molecular flexibility index (Phi) is 7.62. The molecule has 4 rings (SSSR count). The Bertz CT molecular complexity index is 1320. The highest BCUT2D eigenvalue weighted by Crippen LogP contribution is 2.24. The Morgan fingerprint density at radius 1 is 1.11 bits per heavy atom. The number of likely N-dealkylation sites (tertiary alicyclic amines) is 2. The van der Waals surface area contributed by atoms with Gasteiger partial charge in [0.15, 0.2) is 5.78 Å². The van der Waals surface area contributed by atoms with Gasteiger partial charge in [0.25, 0.3) is 0 Å². The van der Waals surface area contributed by atoms with Gasteiger partial charge in [0, 0.05) is 31.1 Å². The van der Waals surface area contributed by atoms with Crippen molar-refractivity contribution >= 4 is 56.0 Å². The molecule has 0 bridgehead atoms. The van der Waals surface area contributed by atoms with Gasteiger partial charge in [0.1, 0.15) is 12.0 Å². The van der Waals surface area contributed by atoms with Crippen LogP contribution in [0.5, 0.6) is 0 Å². The van der Waals surface area contributed by atoms with E-state index in [-0.39, 0.29) is 36.7 Å². The number of halogens is 1. The summed E-state index contributed by atoms with van der Waals surface area (Å²) < 4.78 is 33.2. The molecule has 0 spiro atoms. The SMILES string of the molecule is COC(=O)C1CN(C(=O)CN2CCC[C@H](NS(=O)(=O)c3ccc4cc(Cl)ccc4c3)C2=O)CCC1=O. The zero-order valence-electron chi connectivity index (χ0n) is 19.6. The summed E-state index contributed by atoms with van der Waals surface area (Å²) in [7, 11) is -2.83. The smallest absolute Gasteiger partial charge is 0.318 e. The summed E-state index contributed by atoms with van der Waals surface area (Å²) in [5.41, 5.74) is 0. The van der Waals surface area contributed by atoms with Crippen LogP contribution in [0.1, 0.15) is 19.3 Å². The molecule has 2 heterocycles. The Morgan fingerprint density at radius 2 is 1.83 bits per heavy atom. The fourth-order valence-corrected chi connectivity index (χ4v) is 5.93. The van der Waals surface area contributed by atoms with Gasteiger partial charge in [-0.1, -0.05) is 23.7 Å². The number of carbonyl (C=O) groups is 4. The number of Topliss-reactive ketones (excluding diaryl/α,β-unsaturated/α-hetero) is 1. The molecule has 10 nitrogen and oxygen atoms in total. The third-order valence-electron chi connectivity index (χ3n) is 6.50. The monoisotopic (exact) mass is 535 g/mol. The number of sulfonamides is 1. The van der Waals surface area contributed by atoms with Gasteiger partial charge in [0.2, 0.25) is 21.8 Å². The van der Waals surface area contributed by atoms with Crippen molar-refractivity contribution in [1.82, 2.24) is 14.5 Å². The second kappa shape index (κ2) is 10.5. The van der Waals surface area contributed by atoms with E-state index in [1.165, 1.54) is 29.0 Å². The minimum atomic E-state index is -4.01. The number of rotatable bonds is 6. The van der Waals surface area contributed by atoms with E-state index in [4.69, 9.17) is 11.6 Å². The summed E-state index contributed by atoms with van der Waals surface area (Å²) in [6.45, 7) is 0.0780. The number of ether oxygens (including phenoxy) is 1. The number of hydrogen-bond acceptors (Lipinski definition) is 7. The summed E-state index contributed by atoms with van der Waals surface area (Å²) in [5.74, 6) is -2.93. The Balaban J connectivity index is 1.42. The number of hydrogen-bond donors (Lipinski definition) is 1. The van der Waals surface area contributed by atoms with Gasteiger partial charge in [-0.3, -0.25) is 19.2 Å². The van der Waals surface area contributed by atoms with E-state index >= 15 is 0 Å². The lowest BCUT2D eigenvalue weighted by Crippen LogP contribution is -2.56. The summed E-state index contributed by atoms with van der Waals surface area (Å²) in [5, 5.41) is 2.01. The highest BCUT2D eigenvalue weighted by atomic mass is 35.5. The van der Waals surface area contributed by atoms with Crippen LogP contribution in [0.2, 0.25) is 5.02 Å². The van der Waals surface area contributed by atoms with E-state index in [0.29, 0.717) is 29.8 Å². The van der Waals surface area contributed by atoms with Crippen molar-refractivity contribution in [2.75, 3.05) is 33.3 Å². The largest absolute Gasteiger partial charge is 0.468 e. The quantitative estimate of drug-likeness (QED) is 0.436. The summed E-state index contributed by atoms with van der Waals surface area (Å²) >= 11 is 5.99. The van der Waals surface area contributed by atoms with Crippen molar-refractivity contribution in [2.45, 2.75) is 30.2 Å². The summed E-state index contributed by atoms with van der Waals surface area (Å²) in [6.07, 6.45) is 0.833. The molecule has 2 amide bonds. The number of carbonyl (C=O) groups excluding carboxylic acids is 4. The molecule has 0 aromatic heterocycles. The predicted molar refractivity (Wildman–Crippen MR) is 131 cm³/mol. The van der Waals surface area contributed by atoms with Crippen LogP contribution in [0, 0.1) is 5.92 Å². The first-order valence-electron chi connectivity index (χ1n) is 11.5. The topological polar surface area (TPSA) is 130 Å². The maximum atomic E-state index is 13.1. The minimum Gasteiger partial charge on any atom is -0.468 e. The van der Waals surface area contributed by atoms with Crippen LogP contribution in [0.4, 0.5) is 0 Å². The molecule has 36 heavy (non-hydrogen) atoms. The maximum absolute atomic E-state index is 13.1. The van der Waals surface area contributed by atoms with Crippen LogP contribution in [-0.2, 0) is 33.9 Å². The van der Waals surface area contributed by atoms with Crippen LogP contribution in [0.3, 0.4) is 0 Å². The molecule has 2 aromatic carbocycles. The van der Waals surface area contributed by atoms with Crippen molar-refractivity contribution < 1.29 is 32.3 Å². The third-order valence-corrected chi connectivity index (χ3v) is 8.20. The molecular weight excluding hydrogens is 510 g/mol. The van der Waals surface area contributed by atoms with E-state index in [2.05, 4.69) is 9.46 Å². The van der Waals surface area contributed by atoms with Gasteiger partial charge >= 0.3 is 5.97 Å². The highest BCUT2D eigenvalue weighted by molar-refractivity contribution is 7.89. The number of esters is 1. The Morgan fingerprint density at radius 3 is 2.58 bits per heavy atom. The van der Waals surface area contributed by atoms with E-state index < -0.39 is 39.8 Å². The van der Waals surface area contributed by atoms with E-state index in [9.17, 15) is 27.6 Å². The number of nitrogens with zero attached hydrogens (tertiary/aromatic N) is 2. The average Bonchev–Trinajstić information content (AvgIpc) is 2.85. The van der Waals surface area contributed by atoms with Crippen molar-refractivity contribution in [3.05, 3.63) is 41.4 Å². The molecule has 2 aliphatic heterocycles. The fraction of sp³-hybridized carbons (Fsp3) is 0.417. The van der Waals surface area contributed by atoms with Gasteiger partial charge in [-0.15, -0.1) is 0 Å². The molecule has 2 aliphatic rings. The second-order valence-corrected chi connectivity index (χ2v) is 11.0. The predicted octanol–water partition coefficient (Wildman–Crippen LogP) is 1.35. The van der Waals surface area contributed by atoms with Crippen LogP contribution in [-0.4, -0.2) is 81.1 Å². The van der Waals surface area contributed by atoms with Gasteiger partial charge in [-0.2, -0.15) is 4.72 Å². The normalized spacial score (nSPS) is 21.1. The number of methoxy groups -OCH3 is 1. The number of ketones is 1. The molecule has 2 saturated heterocycles. The highest BCUT2D eigenvalue weighted by Gasteiger charge is 2.38. The zero-order chi connectivity index (χ0) is 26.0. The van der Waals surface area contributed by atoms with Gasteiger partial charge in [-0.05, 0) is 47.9 Å². The lowest BCUT2D eigenvalue weighted by molar-refractivity contribution is -0.154. The summed E-state index contributed by atoms with van der Waals surface area (Å²) in [4.78, 5) is 52.5. The number of fused-ring (bicyclic) bond motifs is 1. The molecule has 1 N–H and O–H groups in total. The van der Waals surface area contributed by atoms with Gasteiger partial charge < -0.3 is 14.5 Å². The third kappa shape index (κ3) is 5.53. The van der Waals surface area contributed by atoms with Crippen LogP contribution < -0.4 is 4.72 Å². The molecule has 1 unspecified atom stereocenters. The first-order valence-corrected chi connectivity index (χ1v) is 13.3. The first-order chi connectivity index (χ1) is 17.1. The molecule has 2 fully saturated rings.